The first-order chi connectivity index (χ1) is 11.0. The van der Waals surface area contributed by atoms with Crippen molar-refractivity contribution >= 4 is 21.9 Å². The average Bonchev–Trinajstić information content (AvgIpc) is 2.55. The molecule has 0 N–H and O–H groups in total. The van der Waals surface area contributed by atoms with Crippen LogP contribution in [0.1, 0.15) is 28.7 Å². The molecular weight excluding hydrogens is 308 g/mol. The van der Waals surface area contributed by atoms with E-state index in [-0.39, 0.29) is 0 Å². The summed E-state index contributed by atoms with van der Waals surface area (Å²) in [6, 6.07) is 9.71. The largest absolute Gasteiger partial charge is 0.258 e. The zero-order chi connectivity index (χ0) is 16.4. The van der Waals surface area contributed by atoms with Gasteiger partial charge in [-0.2, -0.15) is 0 Å². The Labute approximate surface area is 137 Å². The van der Waals surface area contributed by atoms with Gasteiger partial charge in [-0.1, -0.05) is 24.3 Å². The predicted molar refractivity (Wildman–Crippen MR) is 93.8 cm³/mol. The normalized spacial score (nSPS) is 15.0. The highest BCUT2D eigenvalue weighted by Gasteiger charge is 2.26. The highest BCUT2D eigenvalue weighted by molar-refractivity contribution is 7.95. The van der Waals surface area contributed by atoms with Gasteiger partial charge in [0.2, 0.25) is 0 Å². The van der Waals surface area contributed by atoms with Crippen LogP contribution in [0.2, 0.25) is 0 Å². The lowest BCUT2D eigenvalue weighted by molar-refractivity contribution is 0.594. The first-order valence-corrected chi connectivity index (χ1v) is 9.20. The molecule has 120 valence electrons. The molecule has 1 aliphatic heterocycles. The van der Waals surface area contributed by atoms with Crippen molar-refractivity contribution < 1.29 is 8.42 Å². The zero-order valence-electron chi connectivity index (χ0n) is 13.4. The van der Waals surface area contributed by atoms with Crippen molar-refractivity contribution in [2.24, 2.45) is 0 Å². The third-order valence-electron chi connectivity index (χ3n) is 4.18. The molecule has 1 aromatic carbocycles. The first kappa shape index (κ1) is 15.7. The van der Waals surface area contributed by atoms with Crippen LogP contribution in [0.4, 0.5) is 5.82 Å². The number of hydrogen-bond donors (Lipinski definition) is 0. The maximum Gasteiger partial charge on any atom is 0.258 e. The Morgan fingerprint density at radius 3 is 2.78 bits per heavy atom. The topological polar surface area (TPSA) is 50.3 Å². The van der Waals surface area contributed by atoms with Gasteiger partial charge in [0.15, 0.2) is 0 Å². The molecule has 4 nitrogen and oxygen atoms in total. The summed E-state index contributed by atoms with van der Waals surface area (Å²) in [5, 5.41) is 1.28. The van der Waals surface area contributed by atoms with Crippen molar-refractivity contribution in [3.63, 3.8) is 0 Å². The number of benzene rings is 1. The second kappa shape index (κ2) is 6.16. The lowest BCUT2D eigenvalue weighted by atomic mass is 10.1. The van der Waals surface area contributed by atoms with E-state index in [1.807, 2.05) is 44.2 Å². The summed E-state index contributed by atoms with van der Waals surface area (Å²) in [7, 11) is -3.53. The number of sulfonamides is 1. The summed E-state index contributed by atoms with van der Waals surface area (Å²) in [5.41, 5.74) is 4.21. The van der Waals surface area contributed by atoms with Crippen molar-refractivity contribution in [3.8, 4) is 0 Å². The molecule has 3 rings (SSSR count). The van der Waals surface area contributed by atoms with Gasteiger partial charge >= 0.3 is 0 Å². The first-order valence-electron chi connectivity index (χ1n) is 7.69. The van der Waals surface area contributed by atoms with Gasteiger partial charge in [0.1, 0.15) is 5.82 Å². The van der Waals surface area contributed by atoms with Gasteiger partial charge < -0.3 is 0 Å². The van der Waals surface area contributed by atoms with Crippen molar-refractivity contribution in [2.75, 3.05) is 10.8 Å². The highest BCUT2D eigenvalue weighted by Crippen LogP contribution is 2.27. The second-order valence-corrected chi connectivity index (χ2v) is 7.60. The molecule has 1 aliphatic rings. The highest BCUT2D eigenvalue weighted by atomic mass is 32.2. The van der Waals surface area contributed by atoms with Gasteiger partial charge in [0.05, 0.1) is 5.41 Å². The fraction of sp³-hybridized carbons (Fsp3) is 0.278. The Kier molecular flexibility index (Phi) is 4.22. The van der Waals surface area contributed by atoms with Crippen LogP contribution >= 0.6 is 0 Å². The number of aryl methyl sites for hydroxylation is 3. The van der Waals surface area contributed by atoms with Crippen molar-refractivity contribution in [3.05, 3.63) is 64.2 Å². The lowest BCUT2D eigenvalue weighted by Gasteiger charge is -2.27. The fourth-order valence-electron chi connectivity index (χ4n) is 2.72. The second-order valence-electron chi connectivity index (χ2n) is 5.85. The third-order valence-corrected chi connectivity index (χ3v) is 5.63. The number of pyridine rings is 1. The minimum Gasteiger partial charge on any atom is -0.250 e. The molecule has 0 unspecified atom stereocenters. The molecule has 0 saturated heterocycles. The fourth-order valence-corrected chi connectivity index (χ4v) is 3.99. The molecule has 5 heteroatoms. The van der Waals surface area contributed by atoms with Crippen molar-refractivity contribution in [1.29, 1.82) is 0 Å². The SMILES string of the molecule is Cc1ccc(/C=C/S(=O)(=O)N2CCCc3cccnc32)cc1C. The minimum absolute atomic E-state index is 0.476. The monoisotopic (exact) mass is 328 g/mol. The molecular formula is C18H20N2O2S. The van der Waals surface area contributed by atoms with E-state index in [1.165, 1.54) is 15.3 Å². The minimum atomic E-state index is -3.53. The number of fused-ring (bicyclic) bond motifs is 1. The average molecular weight is 328 g/mol. The molecule has 0 atom stereocenters. The van der Waals surface area contributed by atoms with Crippen LogP contribution in [-0.2, 0) is 16.4 Å². The Hall–Kier alpha value is -2.14. The molecule has 0 radical (unpaired) electrons. The Morgan fingerprint density at radius 1 is 1.17 bits per heavy atom. The van der Waals surface area contributed by atoms with Gasteiger partial charge in [-0.15, -0.1) is 0 Å². The third kappa shape index (κ3) is 3.29. The zero-order valence-corrected chi connectivity index (χ0v) is 14.2. The summed E-state index contributed by atoms with van der Waals surface area (Å²) in [5.74, 6) is 0.559. The predicted octanol–water partition coefficient (Wildman–Crippen LogP) is 3.45. The maximum atomic E-state index is 12.7. The van der Waals surface area contributed by atoms with Gasteiger partial charge in [-0.3, -0.25) is 4.31 Å². The van der Waals surface area contributed by atoms with Crippen molar-refractivity contribution in [1.82, 2.24) is 4.98 Å². The summed E-state index contributed by atoms with van der Waals surface area (Å²) >= 11 is 0. The van der Waals surface area contributed by atoms with E-state index < -0.39 is 10.0 Å². The van der Waals surface area contributed by atoms with Crippen molar-refractivity contribution in [2.45, 2.75) is 26.7 Å². The molecule has 0 saturated carbocycles. The van der Waals surface area contributed by atoms with E-state index >= 15 is 0 Å². The molecule has 0 spiro atoms. The summed E-state index contributed by atoms with van der Waals surface area (Å²) in [4.78, 5) is 4.26. The van der Waals surface area contributed by atoms with E-state index in [1.54, 1.807) is 12.3 Å². The molecule has 2 aromatic rings. The molecule has 2 heterocycles. The van der Waals surface area contributed by atoms with Crippen LogP contribution in [-0.4, -0.2) is 19.9 Å². The van der Waals surface area contributed by atoms with Crippen LogP contribution in [0.15, 0.2) is 41.9 Å². The van der Waals surface area contributed by atoms with Gasteiger partial charge in [-0.05, 0) is 61.1 Å². The molecule has 0 aliphatic carbocycles. The molecule has 0 bridgehead atoms. The van der Waals surface area contributed by atoms with Gasteiger partial charge in [0.25, 0.3) is 10.0 Å². The van der Waals surface area contributed by atoms with E-state index in [0.29, 0.717) is 12.4 Å². The maximum absolute atomic E-state index is 12.7. The van der Waals surface area contributed by atoms with Crippen LogP contribution in [0.3, 0.4) is 0 Å². The Bertz CT molecular complexity index is 857. The van der Waals surface area contributed by atoms with E-state index in [0.717, 1.165) is 29.5 Å². The van der Waals surface area contributed by atoms with Crippen LogP contribution in [0, 0.1) is 13.8 Å². The summed E-state index contributed by atoms with van der Waals surface area (Å²) in [6.45, 7) is 4.53. The van der Waals surface area contributed by atoms with Gasteiger partial charge in [0, 0.05) is 12.7 Å². The number of aromatic nitrogens is 1. The summed E-state index contributed by atoms with van der Waals surface area (Å²) in [6.07, 6.45) is 4.98. The number of rotatable bonds is 3. The Balaban J connectivity index is 1.90. The molecule has 0 amide bonds. The van der Waals surface area contributed by atoms with E-state index in [9.17, 15) is 8.42 Å². The molecule has 23 heavy (non-hydrogen) atoms. The van der Waals surface area contributed by atoms with Crippen LogP contribution in [0.5, 0.6) is 0 Å². The lowest BCUT2D eigenvalue weighted by Crippen LogP contribution is -2.34. The molecule has 0 fully saturated rings. The Morgan fingerprint density at radius 2 is 2.00 bits per heavy atom. The van der Waals surface area contributed by atoms with Crippen LogP contribution < -0.4 is 4.31 Å². The van der Waals surface area contributed by atoms with Gasteiger partial charge in [-0.25, -0.2) is 13.4 Å². The standard InChI is InChI=1S/C18H20N2O2S/c1-14-7-8-16(13-15(14)2)9-12-23(21,22)20-11-4-6-17-5-3-10-19-18(17)20/h3,5,7-10,12-13H,4,6,11H2,1-2H3/b12-9+. The smallest absolute Gasteiger partial charge is 0.250 e. The summed E-state index contributed by atoms with van der Waals surface area (Å²) < 4.78 is 26.8. The van der Waals surface area contributed by atoms with E-state index in [4.69, 9.17) is 0 Å². The van der Waals surface area contributed by atoms with Crippen LogP contribution in [0.25, 0.3) is 6.08 Å². The number of nitrogens with zero attached hydrogens (tertiary/aromatic N) is 2. The number of anilines is 1. The number of hydrogen-bond acceptors (Lipinski definition) is 3. The quantitative estimate of drug-likeness (QED) is 0.867. The van der Waals surface area contributed by atoms with E-state index in [2.05, 4.69) is 4.98 Å². The molecule has 1 aromatic heterocycles.